The zero-order valence-corrected chi connectivity index (χ0v) is 22.0. The molecule has 0 heterocycles. The third-order valence-corrected chi connectivity index (χ3v) is 13.2. The molecule has 0 aromatic carbocycles. The van der Waals surface area contributed by atoms with Gasteiger partial charge < -0.3 is 63.9 Å². The van der Waals surface area contributed by atoms with Crippen molar-refractivity contribution < 1.29 is 109 Å². The van der Waals surface area contributed by atoms with Gasteiger partial charge in [0.05, 0.1) is 0 Å². The van der Waals surface area contributed by atoms with E-state index in [9.17, 15) is 27.4 Å². The Labute approximate surface area is 192 Å². The van der Waals surface area contributed by atoms with Gasteiger partial charge >= 0.3 is 56.0 Å². The fraction of sp³-hybridized carbons (Fsp3) is 1.00. The van der Waals surface area contributed by atoms with Gasteiger partial charge in [-0.1, -0.05) is 0 Å². The molecule has 0 aliphatic carbocycles. The second-order valence-corrected chi connectivity index (χ2v) is 17.6. The van der Waals surface area contributed by atoms with Crippen molar-refractivity contribution in [1.29, 1.82) is 0 Å². The summed E-state index contributed by atoms with van der Waals surface area (Å²) in [6.07, 6.45) is 0. The fourth-order valence-corrected chi connectivity index (χ4v) is 11.6. The van der Waals surface area contributed by atoms with Crippen molar-refractivity contribution in [2.24, 2.45) is 5.90 Å². The fourth-order valence-electron chi connectivity index (χ4n) is 1.99. The molecule has 0 amide bonds. The van der Waals surface area contributed by atoms with Gasteiger partial charge in [-0.25, -0.2) is 10.8 Å². The number of nitrogens with zero attached hydrogens (tertiary/aromatic N) is 1. The first-order chi connectivity index (χ1) is 14.7. The first-order valence-electron chi connectivity index (χ1n) is 6.78. The molecular weight excluding hydrogens is 650 g/mol. The molecule has 216 valence electrons. The third-order valence-electron chi connectivity index (χ3n) is 2.61. The molecule has 0 aliphatic rings. The van der Waals surface area contributed by atoms with E-state index in [4.69, 9.17) is 81.5 Å². The highest BCUT2D eigenvalue weighted by molar-refractivity contribution is 7.80. The van der Waals surface area contributed by atoms with Gasteiger partial charge in [0.1, 0.15) is 0 Å². The van der Waals surface area contributed by atoms with Crippen molar-refractivity contribution in [2.45, 2.75) is 16.6 Å². The Morgan fingerprint density at radius 3 is 0.600 bits per heavy atom. The quantitative estimate of drug-likeness (QED) is 0.0629. The van der Waals surface area contributed by atoms with Crippen molar-refractivity contribution in [1.82, 2.24) is 4.90 Å². The van der Waals surface area contributed by atoms with Crippen LogP contribution in [0.3, 0.4) is 0 Å². The molecule has 0 atom stereocenters. The molecule has 0 saturated heterocycles. The normalized spacial score (nSPS) is 14.5. The summed E-state index contributed by atoms with van der Waals surface area (Å²) in [6, 6.07) is 0. The molecule has 0 radical (unpaired) electrons. The predicted molar refractivity (Wildman–Crippen MR) is 106 cm³/mol. The van der Waals surface area contributed by atoms with E-state index < -0.39 is 77.4 Å². The molecule has 0 spiro atoms. The Bertz CT molecular complexity index is 888. The second-order valence-electron chi connectivity index (χ2n) is 5.47. The van der Waals surface area contributed by atoms with E-state index in [1.54, 1.807) is 0 Å². The van der Waals surface area contributed by atoms with Gasteiger partial charge in [0.15, 0.2) is 0 Å². The van der Waals surface area contributed by atoms with Crippen molar-refractivity contribution in [3.05, 3.63) is 0 Å². The van der Waals surface area contributed by atoms with E-state index in [2.05, 4.69) is 5.90 Å². The summed E-state index contributed by atoms with van der Waals surface area (Å²) in [5.74, 6) is 3.50. The average molecular weight is 670 g/mol. The molecule has 0 bridgehead atoms. The molecule has 0 aromatic rings. The molecular formula is C3H20N2O23P6S. The topological polar surface area (TPSA) is 469 Å². The summed E-state index contributed by atoms with van der Waals surface area (Å²) < 4.78 is 100. The lowest BCUT2D eigenvalue weighted by Crippen LogP contribution is -2.48. The molecule has 0 aliphatic heterocycles. The van der Waals surface area contributed by atoms with Crippen molar-refractivity contribution >= 4 is 56.0 Å². The summed E-state index contributed by atoms with van der Waals surface area (Å²) in [5.41, 5.74) is -12.5. The Hall–Kier alpha value is 0.650. The van der Waals surface area contributed by atoms with Crippen molar-refractivity contribution in [3.63, 3.8) is 0 Å². The predicted octanol–water partition coefficient (Wildman–Crippen LogP) is -4.11. The van der Waals surface area contributed by atoms with Crippen LogP contribution in [0.4, 0.5) is 0 Å². The molecule has 0 aromatic heterocycles. The maximum absolute atomic E-state index is 11.5. The summed E-state index contributed by atoms with van der Waals surface area (Å²) in [6.45, 7) is 0. The number of nitrogens with two attached hydrogens (primary N) is 1. The first-order valence-corrected chi connectivity index (χ1v) is 18.3. The summed E-state index contributed by atoms with van der Waals surface area (Å²) in [4.78, 5) is 108. The van der Waals surface area contributed by atoms with Gasteiger partial charge in [-0.2, -0.15) is 8.42 Å². The van der Waals surface area contributed by atoms with E-state index in [0.29, 0.717) is 0 Å². The molecule has 0 saturated carbocycles. The summed E-state index contributed by atoms with van der Waals surface area (Å²) >= 11 is 0. The SMILES string of the molecule is NO.O=P(O)(O)C(N(C(P(=O)(O)O)P(=O)(O)O)C(P(=O)(O)O)P(=O)(O)O)P(=O)(O)O.O=S(=O)(O)O. The second kappa shape index (κ2) is 13.1. The first kappa shape index (κ1) is 40.2. The van der Waals surface area contributed by atoms with Crippen LogP contribution in [-0.2, 0) is 37.8 Å². The van der Waals surface area contributed by atoms with E-state index >= 15 is 0 Å². The highest BCUT2D eigenvalue weighted by Gasteiger charge is 2.66. The Morgan fingerprint density at radius 2 is 0.543 bits per heavy atom. The van der Waals surface area contributed by atoms with Crippen molar-refractivity contribution in [3.8, 4) is 0 Å². The molecule has 32 heteroatoms. The molecule has 17 N–H and O–H groups in total. The molecule has 0 fully saturated rings. The summed E-state index contributed by atoms with van der Waals surface area (Å²) in [7, 11) is -44.0. The van der Waals surface area contributed by atoms with Crippen LogP contribution in [-0.4, -0.2) is 103 Å². The minimum atomic E-state index is -6.55. The minimum Gasteiger partial charge on any atom is -0.323 e. The lowest BCUT2D eigenvalue weighted by atomic mass is 10.9. The van der Waals surface area contributed by atoms with Gasteiger partial charge in [-0.3, -0.25) is 36.5 Å². The van der Waals surface area contributed by atoms with E-state index in [1.807, 2.05) is 0 Å². The maximum Gasteiger partial charge on any atom is 0.394 e. The van der Waals surface area contributed by atoms with Crippen LogP contribution in [0.5, 0.6) is 0 Å². The lowest BCUT2D eigenvalue weighted by molar-refractivity contribution is 0.184. The van der Waals surface area contributed by atoms with Crippen LogP contribution in [0.1, 0.15) is 0 Å². The van der Waals surface area contributed by atoms with Crippen LogP contribution in [0.25, 0.3) is 0 Å². The van der Waals surface area contributed by atoms with Crippen molar-refractivity contribution in [2.75, 3.05) is 0 Å². The zero-order chi connectivity index (χ0) is 29.8. The van der Waals surface area contributed by atoms with E-state index in [0.717, 1.165) is 0 Å². The maximum atomic E-state index is 11.5. The van der Waals surface area contributed by atoms with E-state index in [1.165, 1.54) is 0 Å². The Kier molecular flexibility index (Phi) is 15.1. The smallest absolute Gasteiger partial charge is 0.323 e. The molecule has 25 nitrogen and oxygen atoms in total. The highest BCUT2D eigenvalue weighted by Crippen LogP contribution is 2.74. The van der Waals surface area contributed by atoms with Crippen LogP contribution in [0.15, 0.2) is 0 Å². The zero-order valence-electron chi connectivity index (χ0n) is 15.8. The van der Waals surface area contributed by atoms with Gasteiger partial charge in [0, 0.05) is 0 Å². The Morgan fingerprint density at radius 1 is 0.457 bits per heavy atom. The van der Waals surface area contributed by atoms with Crippen LogP contribution in [0, 0.1) is 0 Å². The van der Waals surface area contributed by atoms with Crippen LogP contribution in [0.2, 0.25) is 0 Å². The number of hydrogen-bond acceptors (Lipinski definition) is 11. The third kappa shape index (κ3) is 15.6. The molecule has 0 rings (SSSR count). The van der Waals surface area contributed by atoms with Gasteiger partial charge in [0.2, 0.25) is 16.6 Å². The lowest BCUT2D eigenvalue weighted by Gasteiger charge is -2.41. The van der Waals surface area contributed by atoms with E-state index in [-0.39, 0.29) is 0 Å². The van der Waals surface area contributed by atoms with Gasteiger partial charge in [0.25, 0.3) is 0 Å². The minimum absolute atomic E-state index is 1.58. The van der Waals surface area contributed by atoms with Crippen LogP contribution >= 0.6 is 45.6 Å². The highest BCUT2D eigenvalue weighted by atomic mass is 32.3. The molecule has 0 unspecified atom stereocenters. The average Bonchev–Trinajstić information content (AvgIpc) is 2.37. The summed E-state index contributed by atoms with van der Waals surface area (Å²) in [5, 5.41) is 6.50. The Balaban J connectivity index is -0.00000129. The number of hydrogen-bond donors (Lipinski definition) is 16. The monoisotopic (exact) mass is 670 g/mol. The van der Waals surface area contributed by atoms with Gasteiger partial charge in [-0.05, 0) is 0 Å². The largest absolute Gasteiger partial charge is 0.394 e. The van der Waals surface area contributed by atoms with Gasteiger partial charge in [-0.15, -0.1) is 0 Å². The molecule has 35 heavy (non-hydrogen) atoms. The standard InChI is InChI=1S/C3H15NO18P6.H3NO.H2O4S/c5-23(6,7)1(24(8,9)10)4(2(25(11,12)13)26(14,15)16)3(27(17,18)19)28(20,21)22;1-2;1-5(2,3)4/h1-3H,(H2,5,6,7)(H2,8,9,10)(H2,11,12,13)(H2,14,15,16)(H2,17,18,19)(H2,20,21,22);2H,1H2;(H2,1,2,3,4). The number of rotatable bonds is 9. The van der Waals surface area contributed by atoms with Crippen LogP contribution < -0.4 is 5.90 Å².